The Bertz CT molecular complexity index is 1260. The Balaban J connectivity index is 1.26. The van der Waals surface area contributed by atoms with Crippen molar-refractivity contribution in [2.75, 3.05) is 23.3 Å². The van der Waals surface area contributed by atoms with Crippen LogP contribution in [0.5, 0.6) is 5.75 Å². The van der Waals surface area contributed by atoms with Crippen molar-refractivity contribution < 1.29 is 22.7 Å². The Morgan fingerprint density at radius 2 is 2.00 bits per heavy atom. The minimum atomic E-state index is -4.74. The first-order chi connectivity index (χ1) is 16.2. The number of alkyl halides is 3. The molecule has 0 aliphatic carbocycles. The van der Waals surface area contributed by atoms with Crippen LogP contribution in [-0.4, -0.2) is 42.4 Å². The maximum atomic E-state index is 12.4. The van der Waals surface area contributed by atoms with E-state index in [4.69, 9.17) is 4.98 Å². The zero-order valence-electron chi connectivity index (χ0n) is 18.4. The molecular formula is C25H23F3N4O2. The minimum Gasteiger partial charge on any atom is -0.406 e. The van der Waals surface area contributed by atoms with Gasteiger partial charge in [-0.05, 0) is 66.9 Å². The molecule has 2 aromatic carbocycles. The summed E-state index contributed by atoms with van der Waals surface area (Å²) < 4.78 is 40.6. The molecule has 2 aliphatic heterocycles. The van der Waals surface area contributed by atoms with Gasteiger partial charge in [0.2, 0.25) is 5.91 Å². The number of amides is 1. The maximum absolute atomic E-state index is 12.4. The average molecular weight is 468 g/mol. The SMILES string of the molecule is Cc1cc(N2CC3CC2CN3)nc2ccc(NC(=O)C=Cc3ccc(OC(F)(F)F)cc3)cc12. The molecule has 2 bridgehead atoms. The van der Waals surface area contributed by atoms with Crippen LogP contribution in [0.3, 0.4) is 0 Å². The summed E-state index contributed by atoms with van der Waals surface area (Å²) in [6.45, 7) is 4.01. The van der Waals surface area contributed by atoms with Crippen LogP contribution in [0, 0.1) is 6.92 Å². The van der Waals surface area contributed by atoms with E-state index in [1.54, 1.807) is 0 Å². The van der Waals surface area contributed by atoms with Crippen molar-refractivity contribution in [3.63, 3.8) is 0 Å². The first kappa shape index (κ1) is 22.2. The number of fused-ring (bicyclic) bond motifs is 3. The molecule has 2 N–H and O–H groups in total. The number of anilines is 2. The van der Waals surface area contributed by atoms with Gasteiger partial charge in [-0.1, -0.05) is 12.1 Å². The van der Waals surface area contributed by atoms with E-state index < -0.39 is 6.36 Å². The predicted octanol–water partition coefficient (Wildman–Crippen LogP) is 4.64. The fraction of sp³-hybridized carbons (Fsp3) is 0.280. The number of rotatable bonds is 5. The Hall–Kier alpha value is -3.59. The van der Waals surface area contributed by atoms with Gasteiger partial charge in [0.1, 0.15) is 11.6 Å². The summed E-state index contributed by atoms with van der Waals surface area (Å²) in [4.78, 5) is 19.6. The summed E-state index contributed by atoms with van der Waals surface area (Å²) in [6, 6.07) is 14.0. The molecule has 1 aromatic heterocycles. The lowest BCUT2D eigenvalue weighted by atomic mass is 10.1. The summed E-state index contributed by atoms with van der Waals surface area (Å²) >= 11 is 0. The lowest BCUT2D eigenvalue weighted by molar-refractivity contribution is -0.274. The second-order valence-electron chi connectivity index (χ2n) is 8.62. The van der Waals surface area contributed by atoms with Crippen molar-refractivity contribution in [3.8, 4) is 5.75 Å². The Kier molecular flexibility index (Phi) is 5.65. The Labute approximate surface area is 194 Å². The minimum absolute atomic E-state index is 0.314. The van der Waals surface area contributed by atoms with Crippen LogP contribution < -0.4 is 20.3 Å². The predicted molar refractivity (Wildman–Crippen MR) is 125 cm³/mol. The van der Waals surface area contributed by atoms with Gasteiger partial charge >= 0.3 is 6.36 Å². The molecule has 9 heteroatoms. The largest absolute Gasteiger partial charge is 0.573 e. The number of aryl methyl sites for hydroxylation is 1. The molecule has 2 fully saturated rings. The lowest BCUT2D eigenvalue weighted by Gasteiger charge is -2.29. The monoisotopic (exact) mass is 468 g/mol. The molecule has 2 aliphatic rings. The van der Waals surface area contributed by atoms with Crippen LogP contribution in [0.15, 0.2) is 54.6 Å². The second kappa shape index (κ2) is 8.64. The topological polar surface area (TPSA) is 66.5 Å². The van der Waals surface area contributed by atoms with Gasteiger partial charge in [0.05, 0.1) is 5.52 Å². The molecule has 3 heterocycles. The van der Waals surface area contributed by atoms with Crippen LogP contribution in [-0.2, 0) is 4.79 Å². The van der Waals surface area contributed by atoms with Crippen LogP contribution in [0.2, 0.25) is 0 Å². The van der Waals surface area contributed by atoms with Crippen LogP contribution in [0.25, 0.3) is 17.0 Å². The molecule has 34 heavy (non-hydrogen) atoms. The van der Waals surface area contributed by atoms with E-state index in [0.29, 0.717) is 23.3 Å². The number of benzene rings is 2. The highest BCUT2D eigenvalue weighted by Crippen LogP contribution is 2.31. The van der Waals surface area contributed by atoms with Gasteiger partial charge in [0.15, 0.2) is 0 Å². The number of nitrogens with one attached hydrogen (secondary N) is 2. The molecule has 0 spiro atoms. The fourth-order valence-corrected chi connectivity index (χ4v) is 4.58. The second-order valence-corrected chi connectivity index (χ2v) is 8.62. The smallest absolute Gasteiger partial charge is 0.406 e. The van der Waals surface area contributed by atoms with Crippen molar-refractivity contribution in [2.45, 2.75) is 31.8 Å². The number of carbonyl (C=O) groups excluding carboxylic acids is 1. The summed E-state index contributed by atoms with van der Waals surface area (Å²) in [5, 5.41) is 7.29. The summed E-state index contributed by atoms with van der Waals surface area (Å²) in [6.07, 6.45) is -0.736. The molecule has 0 saturated carbocycles. The van der Waals surface area contributed by atoms with E-state index in [1.165, 1.54) is 36.4 Å². The molecule has 2 unspecified atom stereocenters. The number of ether oxygens (including phenoxy) is 1. The fourth-order valence-electron chi connectivity index (χ4n) is 4.58. The summed E-state index contributed by atoms with van der Waals surface area (Å²) in [5.41, 5.74) is 3.17. The van der Waals surface area contributed by atoms with E-state index in [1.807, 2.05) is 25.1 Å². The highest BCUT2D eigenvalue weighted by molar-refractivity contribution is 6.03. The van der Waals surface area contributed by atoms with Crippen LogP contribution in [0.4, 0.5) is 24.7 Å². The first-order valence-electron chi connectivity index (χ1n) is 11.0. The number of aromatic nitrogens is 1. The maximum Gasteiger partial charge on any atom is 0.573 e. The molecule has 6 nitrogen and oxygen atoms in total. The highest BCUT2D eigenvalue weighted by Gasteiger charge is 2.38. The third-order valence-electron chi connectivity index (χ3n) is 6.16. The van der Waals surface area contributed by atoms with Gasteiger partial charge in [-0.2, -0.15) is 0 Å². The van der Waals surface area contributed by atoms with Crippen molar-refractivity contribution >= 4 is 34.4 Å². The van der Waals surface area contributed by atoms with Gasteiger partial charge in [-0.15, -0.1) is 13.2 Å². The van der Waals surface area contributed by atoms with Crippen molar-refractivity contribution in [1.29, 1.82) is 0 Å². The third kappa shape index (κ3) is 4.84. The molecule has 1 amide bonds. The van der Waals surface area contributed by atoms with E-state index >= 15 is 0 Å². The number of hydrogen-bond donors (Lipinski definition) is 2. The molecule has 176 valence electrons. The van der Waals surface area contributed by atoms with E-state index in [-0.39, 0.29) is 11.7 Å². The summed E-state index contributed by atoms with van der Waals surface area (Å²) in [7, 11) is 0. The lowest BCUT2D eigenvalue weighted by Crippen LogP contribution is -2.44. The Morgan fingerprint density at radius 1 is 1.21 bits per heavy atom. The van der Waals surface area contributed by atoms with Crippen molar-refractivity contribution in [3.05, 3.63) is 65.7 Å². The van der Waals surface area contributed by atoms with Crippen LogP contribution in [0.1, 0.15) is 17.5 Å². The van der Waals surface area contributed by atoms with E-state index in [9.17, 15) is 18.0 Å². The molecule has 2 saturated heterocycles. The zero-order valence-corrected chi connectivity index (χ0v) is 18.4. The normalized spacial score (nSPS) is 19.8. The van der Waals surface area contributed by atoms with Crippen LogP contribution >= 0.6 is 0 Å². The molecular weight excluding hydrogens is 445 g/mol. The first-order valence-corrected chi connectivity index (χ1v) is 11.0. The molecule has 0 radical (unpaired) electrons. The van der Waals surface area contributed by atoms with Gasteiger partial charge in [-0.25, -0.2) is 4.98 Å². The Morgan fingerprint density at radius 3 is 2.68 bits per heavy atom. The number of halogens is 3. The van der Waals surface area contributed by atoms with Gasteiger partial charge in [0, 0.05) is 42.3 Å². The third-order valence-corrected chi connectivity index (χ3v) is 6.16. The number of piperazine rings is 1. The average Bonchev–Trinajstić information content (AvgIpc) is 3.42. The molecule has 2 atom stereocenters. The molecule has 5 rings (SSSR count). The standard InChI is InChI=1S/C25H23F3N4O2/c1-15-10-23(32-14-18-11-19(32)13-29-18)31-22-8-5-17(12-21(15)22)30-24(33)9-4-16-2-6-20(7-3-16)34-25(26,27)28/h2-10,12,18-19,29H,11,13-14H2,1H3,(H,30,33). The highest BCUT2D eigenvalue weighted by atomic mass is 19.4. The summed E-state index contributed by atoms with van der Waals surface area (Å²) in [5.74, 6) is 0.328. The number of hydrogen-bond acceptors (Lipinski definition) is 5. The van der Waals surface area contributed by atoms with Gasteiger partial charge < -0.3 is 20.3 Å². The number of carbonyl (C=O) groups is 1. The van der Waals surface area contributed by atoms with E-state index in [2.05, 4.69) is 26.3 Å². The van der Waals surface area contributed by atoms with E-state index in [0.717, 1.165) is 41.8 Å². The number of pyridine rings is 1. The quantitative estimate of drug-likeness (QED) is 0.534. The van der Waals surface area contributed by atoms with Crippen molar-refractivity contribution in [1.82, 2.24) is 10.3 Å². The zero-order chi connectivity index (χ0) is 23.9. The van der Waals surface area contributed by atoms with Gasteiger partial charge in [-0.3, -0.25) is 4.79 Å². The van der Waals surface area contributed by atoms with Gasteiger partial charge in [0.25, 0.3) is 0 Å². The van der Waals surface area contributed by atoms with Crippen molar-refractivity contribution in [2.24, 2.45) is 0 Å². The molecule has 3 aromatic rings. The number of nitrogens with zero attached hydrogens (tertiary/aromatic N) is 2.